The zero-order chi connectivity index (χ0) is 22.1. The van der Waals surface area contributed by atoms with Crippen LogP contribution in [0.1, 0.15) is 31.7 Å². The van der Waals surface area contributed by atoms with Crippen molar-refractivity contribution in [2.24, 2.45) is 0 Å². The van der Waals surface area contributed by atoms with Gasteiger partial charge < -0.3 is 19.5 Å². The first-order chi connectivity index (χ1) is 15.1. The number of nitrogens with zero attached hydrogens (tertiary/aromatic N) is 3. The first kappa shape index (κ1) is 23.5. The average molecular weight is 434 g/mol. The third kappa shape index (κ3) is 6.41. The summed E-state index contributed by atoms with van der Waals surface area (Å²) in [6.07, 6.45) is 3.29. The van der Waals surface area contributed by atoms with Gasteiger partial charge in [-0.1, -0.05) is 18.2 Å². The second kappa shape index (κ2) is 12.0. The van der Waals surface area contributed by atoms with Crippen LogP contribution in [0.3, 0.4) is 0 Å². The molecule has 8 nitrogen and oxygen atoms in total. The number of para-hydroxylation sites is 1. The Morgan fingerprint density at radius 3 is 2.74 bits per heavy atom. The molecule has 0 spiro atoms. The monoisotopic (exact) mass is 433 g/mol. The molecule has 1 N–H and O–H groups in total. The summed E-state index contributed by atoms with van der Waals surface area (Å²) >= 11 is 0. The number of carbonyl (C=O) groups excluding carboxylic acids is 1. The predicted octanol–water partition coefficient (Wildman–Crippen LogP) is 1.68. The molecule has 8 heteroatoms. The van der Waals surface area contributed by atoms with Crippen LogP contribution in [0.25, 0.3) is 0 Å². The largest absolute Gasteiger partial charge is 0.493 e. The van der Waals surface area contributed by atoms with Crippen LogP contribution < -0.4 is 4.74 Å². The fourth-order valence-electron chi connectivity index (χ4n) is 4.63. The van der Waals surface area contributed by atoms with Crippen LogP contribution in [0.5, 0.6) is 5.75 Å². The number of carbonyl (C=O) groups is 2. The minimum Gasteiger partial charge on any atom is -0.493 e. The lowest BCUT2D eigenvalue weighted by Crippen LogP contribution is -2.58. The van der Waals surface area contributed by atoms with Crippen molar-refractivity contribution in [3.63, 3.8) is 0 Å². The van der Waals surface area contributed by atoms with Crippen molar-refractivity contribution < 1.29 is 24.2 Å². The molecule has 0 bridgehead atoms. The van der Waals surface area contributed by atoms with Crippen molar-refractivity contribution in [2.75, 3.05) is 52.5 Å². The highest BCUT2D eigenvalue weighted by atomic mass is 16.5. The molecule has 172 valence electrons. The first-order valence-corrected chi connectivity index (χ1v) is 11.3. The summed E-state index contributed by atoms with van der Waals surface area (Å²) in [5.74, 6) is 1.25. The third-order valence-corrected chi connectivity index (χ3v) is 6.34. The second-order valence-electron chi connectivity index (χ2n) is 8.30. The van der Waals surface area contributed by atoms with Gasteiger partial charge in [-0.05, 0) is 32.3 Å². The summed E-state index contributed by atoms with van der Waals surface area (Å²) in [6, 6.07) is 8.63. The maximum Gasteiger partial charge on any atom is 0.290 e. The molecule has 1 amide bonds. The van der Waals surface area contributed by atoms with Crippen molar-refractivity contribution in [1.29, 1.82) is 0 Å². The molecule has 3 saturated heterocycles. The number of rotatable bonds is 7. The van der Waals surface area contributed by atoms with E-state index in [1.165, 1.54) is 5.56 Å². The maximum absolute atomic E-state index is 12.7. The van der Waals surface area contributed by atoms with Gasteiger partial charge in [0.1, 0.15) is 5.75 Å². The number of hydrogen-bond donors (Lipinski definition) is 1. The van der Waals surface area contributed by atoms with Gasteiger partial charge in [0.05, 0.1) is 25.9 Å². The predicted molar refractivity (Wildman–Crippen MR) is 117 cm³/mol. The molecule has 4 rings (SSSR count). The van der Waals surface area contributed by atoms with Crippen molar-refractivity contribution in [1.82, 2.24) is 14.7 Å². The molecule has 3 aliphatic heterocycles. The number of amides is 1. The van der Waals surface area contributed by atoms with E-state index in [0.717, 1.165) is 84.1 Å². The van der Waals surface area contributed by atoms with Crippen LogP contribution in [-0.2, 0) is 20.9 Å². The van der Waals surface area contributed by atoms with E-state index in [9.17, 15) is 4.79 Å². The Balaban J connectivity index is 0.000000858. The van der Waals surface area contributed by atoms with E-state index in [0.29, 0.717) is 6.04 Å². The van der Waals surface area contributed by atoms with Gasteiger partial charge in [0, 0.05) is 50.9 Å². The minimum absolute atomic E-state index is 0.0521. The van der Waals surface area contributed by atoms with Gasteiger partial charge in [-0.3, -0.25) is 19.4 Å². The number of piperazine rings is 1. The van der Waals surface area contributed by atoms with Crippen molar-refractivity contribution >= 4 is 12.4 Å². The van der Waals surface area contributed by atoms with Gasteiger partial charge >= 0.3 is 0 Å². The Labute approximate surface area is 184 Å². The SMILES string of the molecule is C[C@H]1C(=O)N2CCC[C@H]2CN1Cc1ccccc1OCCCN1CCOCC1.O=CO. The number of benzene rings is 1. The van der Waals surface area contributed by atoms with Crippen LogP contribution in [0.4, 0.5) is 0 Å². The van der Waals surface area contributed by atoms with E-state index in [4.69, 9.17) is 19.4 Å². The Kier molecular flexibility index (Phi) is 9.12. The van der Waals surface area contributed by atoms with Crippen LogP contribution in [0, 0.1) is 0 Å². The lowest BCUT2D eigenvalue weighted by Gasteiger charge is -2.41. The molecule has 0 radical (unpaired) electrons. The fraction of sp³-hybridized carbons (Fsp3) is 0.652. The van der Waals surface area contributed by atoms with Crippen LogP contribution in [-0.4, -0.2) is 96.8 Å². The molecular weight excluding hydrogens is 398 g/mol. The van der Waals surface area contributed by atoms with E-state index >= 15 is 0 Å². The molecule has 3 aliphatic rings. The molecule has 0 unspecified atom stereocenters. The van der Waals surface area contributed by atoms with E-state index < -0.39 is 0 Å². The molecule has 1 aromatic rings. The topological polar surface area (TPSA) is 82.5 Å². The van der Waals surface area contributed by atoms with Gasteiger partial charge in [-0.15, -0.1) is 0 Å². The summed E-state index contributed by atoms with van der Waals surface area (Å²) in [7, 11) is 0. The Morgan fingerprint density at radius 2 is 1.97 bits per heavy atom. The zero-order valence-corrected chi connectivity index (χ0v) is 18.4. The van der Waals surface area contributed by atoms with E-state index in [1.54, 1.807) is 0 Å². The first-order valence-electron chi connectivity index (χ1n) is 11.3. The Hall–Kier alpha value is -2.16. The van der Waals surface area contributed by atoms with Gasteiger partial charge in [-0.2, -0.15) is 0 Å². The molecule has 1 aromatic carbocycles. The van der Waals surface area contributed by atoms with E-state index in [-0.39, 0.29) is 18.4 Å². The smallest absolute Gasteiger partial charge is 0.290 e. The van der Waals surface area contributed by atoms with Crippen molar-refractivity contribution in [2.45, 2.75) is 44.8 Å². The van der Waals surface area contributed by atoms with E-state index in [1.807, 2.05) is 13.0 Å². The molecule has 31 heavy (non-hydrogen) atoms. The zero-order valence-electron chi connectivity index (χ0n) is 18.4. The lowest BCUT2D eigenvalue weighted by molar-refractivity contribution is -0.143. The van der Waals surface area contributed by atoms with Gasteiger partial charge in [0.25, 0.3) is 6.47 Å². The number of morpholine rings is 1. The van der Waals surface area contributed by atoms with Crippen LogP contribution in [0.2, 0.25) is 0 Å². The minimum atomic E-state index is -0.250. The Morgan fingerprint density at radius 1 is 1.23 bits per heavy atom. The standard InChI is InChI=1S/C22H33N3O3.CH2O2/c1-18-22(26)25-10-4-7-20(25)17-24(18)16-19-6-2-3-8-21(19)28-13-5-9-23-11-14-27-15-12-23;2-1-3/h2-3,6,8,18,20H,4-5,7,9-17H2,1H3;1H,(H,2,3)/t18-,20-;/m0./s1. The van der Waals surface area contributed by atoms with E-state index in [2.05, 4.69) is 32.9 Å². The fourth-order valence-corrected chi connectivity index (χ4v) is 4.63. The quantitative estimate of drug-likeness (QED) is 0.518. The normalized spacial score (nSPS) is 24.3. The number of hydrogen-bond acceptors (Lipinski definition) is 6. The highest BCUT2D eigenvalue weighted by Gasteiger charge is 2.40. The number of fused-ring (bicyclic) bond motifs is 1. The van der Waals surface area contributed by atoms with Crippen LogP contribution in [0.15, 0.2) is 24.3 Å². The molecule has 2 atom stereocenters. The average Bonchev–Trinajstić information content (AvgIpc) is 3.26. The Bertz CT molecular complexity index is 710. The second-order valence-corrected chi connectivity index (χ2v) is 8.30. The molecule has 0 aromatic heterocycles. The molecular formula is C23H35N3O5. The van der Waals surface area contributed by atoms with Crippen molar-refractivity contribution in [3.05, 3.63) is 29.8 Å². The summed E-state index contributed by atoms with van der Waals surface area (Å²) in [6.45, 7) is 9.98. The lowest BCUT2D eigenvalue weighted by atomic mass is 10.1. The van der Waals surface area contributed by atoms with Gasteiger partial charge in [-0.25, -0.2) is 0 Å². The third-order valence-electron chi connectivity index (χ3n) is 6.34. The van der Waals surface area contributed by atoms with Crippen LogP contribution >= 0.6 is 0 Å². The summed E-state index contributed by atoms with van der Waals surface area (Å²) < 4.78 is 11.5. The number of carboxylic acid groups (broad SMARTS) is 1. The maximum atomic E-state index is 12.7. The highest BCUT2D eigenvalue weighted by molar-refractivity contribution is 5.83. The highest BCUT2D eigenvalue weighted by Crippen LogP contribution is 2.28. The number of ether oxygens (including phenoxy) is 2. The van der Waals surface area contributed by atoms with Gasteiger partial charge in [0.15, 0.2) is 0 Å². The molecule has 3 fully saturated rings. The molecule has 3 heterocycles. The molecule has 0 aliphatic carbocycles. The van der Waals surface area contributed by atoms with Gasteiger partial charge in [0.2, 0.25) is 5.91 Å². The summed E-state index contributed by atoms with van der Waals surface area (Å²) in [5, 5.41) is 6.89. The summed E-state index contributed by atoms with van der Waals surface area (Å²) in [4.78, 5) is 27.9. The van der Waals surface area contributed by atoms with Crippen molar-refractivity contribution in [3.8, 4) is 5.75 Å². The molecule has 0 saturated carbocycles. The summed E-state index contributed by atoms with van der Waals surface area (Å²) in [5.41, 5.74) is 1.18.